The van der Waals surface area contributed by atoms with E-state index in [9.17, 15) is 13.6 Å². The van der Waals surface area contributed by atoms with E-state index in [0.29, 0.717) is 11.3 Å². The Morgan fingerprint density at radius 1 is 1.16 bits per heavy atom. The van der Waals surface area contributed by atoms with Crippen LogP contribution >= 0.6 is 0 Å². The maximum atomic E-state index is 13.6. The summed E-state index contributed by atoms with van der Waals surface area (Å²) in [5.74, 6) is -1.90. The molecule has 0 heterocycles. The van der Waals surface area contributed by atoms with Crippen LogP contribution in [0.2, 0.25) is 0 Å². The number of nitrogen functional groups attached to an aromatic ring is 1. The van der Waals surface area contributed by atoms with E-state index in [1.165, 1.54) is 19.2 Å². The van der Waals surface area contributed by atoms with Gasteiger partial charge in [-0.1, -0.05) is 6.07 Å². The number of nitrogens with zero attached hydrogens (tertiary/aromatic N) is 1. The molecular formula is C14H12F2N2O. The summed E-state index contributed by atoms with van der Waals surface area (Å²) in [6.07, 6.45) is 0. The molecule has 2 aromatic rings. The zero-order valence-corrected chi connectivity index (χ0v) is 10.2. The van der Waals surface area contributed by atoms with E-state index in [4.69, 9.17) is 5.73 Å². The molecule has 0 saturated carbocycles. The van der Waals surface area contributed by atoms with Crippen LogP contribution < -0.4 is 10.6 Å². The molecule has 0 bridgehead atoms. The van der Waals surface area contributed by atoms with Crippen LogP contribution in [0.3, 0.4) is 0 Å². The van der Waals surface area contributed by atoms with Gasteiger partial charge in [0, 0.05) is 24.4 Å². The summed E-state index contributed by atoms with van der Waals surface area (Å²) >= 11 is 0. The minimum absolute atomic E-state index is 0.00817. The number of hydrogen-bond acceptors (Lipinski definition) is 2. The second-order valence-electron chi connectivity index (χ2n) is 4.09. The van der Waals surface area contributed by atoms with Crippen molar-refractivity contribution in [2.45, 2.75) is 0 Å². The van der Waals surface area contributed by atoms with Crippen LogP contribution in [0, 0.1) is 11.6 Å². The lowest BCUT2D eigenvalue weighted by Gasteiger charge is -2.18. The second kappa shape index (κ2) is 5.06. The molecule has 0 fully saturated rings. The van der Waals surface area contributed by atoms with Gasteiger partial charge in [-0.3, -0.25) is 4.79 Å². The van der Waals surface area contributed by atoms with Crippen molar-refractivity contribution < 1.29 is 13.6 Å². The standard InChI is InChI=1S/C14H12F2N2O/c1-18(13-6-5-10(15)8-12(13)16)14(19)9-3-2-4-11(17)7-9/h2-8H,17H2,1H3. The smallest absolute Gasteiger partial charge is 0.258 e. The molecule has 3 nitrogen and oxygen atoms in total. The largest absolute Gasteiger partial charge is 0.399 e. The monoisotopic (exact) mass is 262 g/mol. The fourth-order valence-electron chi connectivity index (χ4n) is 1.73. The molecule has 19 heavy (non-hydrogen) atoms. The van der Waals surface area contributed by atoms with Gasteiger partial charge in [0.2, 0.25) is 0 Å². The number of nitrogens with two attached hydrogens (primary N) is 1. The second-order valence-corrected chi connectivity index (χ2v) is 4.09. The third-order valence-corrected chi connectivity index (χ3v) is 2.71. The van der Waals surface area contributed by atoms with Gasteiger partial charge in [0.05, 0.1) is 5.69 Å². The topological polar surface area (TPSA) is 46.3 Å². The van der Waals surface area contributed by atoms with Gasteiger partial charge in [0.25, 0.3) is 5.91 Å². The summed E-state index contributed by atoms with van der Waals surface area (Å²) < 4.78 is 26.4. The Bertz CT molecular complexity index is 629. The van der Waals surface area contributed by atoms with Crippen LogP contribution in [0.5, 0.6) is 0 Å². The molecule has 0 spiro atoms. The fraction of sp³-hybridized carbons (Fsp3) is 0.0714. The number of benzene rings is 2. The number of carbonyl (C=O) groups excluding carboxylic acids is 1. The van der Waals surface area contributed by atoms with Crippen LogP contribution in [0.1, 0.15) is 10.4 Å². The molecule has 2 N–H and O–H groups in total. The van der Waals surface area contributed by atoms with Gasteiger partial charge in [0.15, 0.2) is 0 Å². The van der Waals surface area contributed by atoms with E-state index in [-0.39, 0.29) is 5.69 Å². The van der Waals surface area contributed by atoms with Crippen molar-refractivity contribution in [3.8, 4) is 0 Å². The molecule has 0 unspecified atom stereocenters. The first-order valence-corrected chi connectivity index (χ1v) is 5.57. The van der Waals surface area contributed by atoms with E-state index >= 15 is 0 Å². The van der Waals surface area contributed by atoms with Crippen molar-refractivity contribution >= 4 is 17.3 Å². The Kier molecular flexibility index (Phi) is 3.46. The highest BCUT2D eigenvalue weighted by atomic mass is 19.1. The van der Waals surface area contributed by atoms with Crippen molar-refractivity contribution in [3.63, 3.8) is 0 Å². The first-order valence-electron chi connectivity index (χ1n) is 5.57. The number of rotatable bonds is 2. The highest BCUT2D eigenvalue weighted by molar-refractivity contribution is 6.06. The zero-order valence-electron chi connectivity index (χ0n) is 10.2. The summed E-state index contributed by atoms with van der Waals surface area (Å²) in [5, 5.41) is 0. The van der Waals surface area contributed by atoms with Gasteiger partial charge < -0.3 is 10.6 Å². The lowest BCUT2D eigenvalue weighted by molar-refractivity contribution is 0.0992. The van der Waals surface area contributed by atoms with Crippen molar-refractivity contribution in [1.29, 1.82) is 0 Å². The Hall–Kier alpha value is -2.43. The summed E-state index contributed by atoms with van der Waals surface area (Å²) in [6.45, 7) is 0. The Labute approximate surface area is 109 Å². The Balaban J connectivity index is 2.33. The lowest BCUT2D eigenvalue weighted by Crippen LogP contribution is -2.27. The molecule has 1 amide bonds. The van der Waals surface area contributed by atoms with Crippen molar-refractivity contribution in [2.24, 2.45) is 0 Å². The third kappa shape index (κ3) is 2.70. The van der Waals surface area contributed by atoms with Crippen molar-refractivity contribution in [2.75, 3.05) is 17.7 Å². The molecule has 2 aromatic carbocycles. The van der Waals surface area contributed by atoms with Gasteiger partial charge >= 0.3 is 0 Å². The predicted molar refractivity (Wildman–Crippen MR) is 69.9 cm³/mol. The quantitative estimate of drug-likeness (QED) is 0.846. The fourth-order valence-corrected chi connectivity index (χ4v) is 1.73. The number of halogens is 2. The van der Waals surface area contributed by atoms with E-state index in [1.54, 1.807) is 18.2 Å². The van der Waals surface area contributed by atoms with Crippen LogP contribution in [-0.4, -0.2) is 13.0 Å². The maximum Gasteiger partial charge on any atom is 0.258 e. The predicted octanol–water partition coefficient (Wildman–Crippen LogP) is 2.82. The van der Waals surface area contributed by atoms with E-state index < -0.39 is 17.5 Å². The SMILES string of the molecule is CN(C(=O)c1cccc(N)c1)c1ccc(F)cc1F. The highest BCUT2D eigenvalue weighted by Crippen LogP contribution is 2.21. The molecule has 0 aliphatic rings. The van der Waals surface area contributed by atoms with Crippen molar-refractivity contribution in [3.05, 3.63) is 59.7 Å². The lowest BCUT2D eigenvalue weighted by atomic mass is 10.1. The first kappa shape index (κ1) is 13.0. The normalized spacial score (nSPS) is 10.3. The van der Waals surface area contributed by atoms with E-state index in [0.717, 1.165) is 17.0 Å². The minimum atomic E-state index is -0.792. The molecule has 0 atom stereocenters. The summed E-state index contributed by atoms with van der Waals surface area (Å²) in [7, 11) is 1.42. The number of anilines is 2. The molecular weight excluding hydrogens is 250 g/mol. The minimum Gasteiger partial charge on any atom is -0.399 e. The molecule has 5 heteroatoms. The highest BCUT2D eigenvalue weighted by Gasteiger charge is 2.17. The Morgan fingerprint density at radius 3 is 2.53 bits per heavy atom. The molecule has 0 aliphatic heterocycles. The third-order valence-electron chi connectivity index (χ3n) is 2.71. The number of hydrogen-bond donors (Lipinski definition) is 1. The summed E-state index contributed by atoms with van der Waals surface area (Å²) in [4.78, 5) is 13.3. The molecule has 0 saturated heterocycles. The van der Waals surface area contributed by atoms with Crippen LogP contribution in [0.25, 0.3) is 0 Å². The molecule has 2 rings (SSSR count). The molecule has 0 radical (unpaired) electrons. The van der Waals surface area contributed by atoms with Gasteiger partial charge in [-0.25, -0.2) is 8.78 Å². The molecule has 0 aromatic heterocycles. The van der Waals surface area contributed by atoms with Crippen LogP contribution in [-0.2, 0) is 0 Å². The van der Waals surface area contributed by atoms with Gasteiger partial charge in [-0.15, -0.1) is 0 Å². The molecule has 0 aliphatic carbocycles. The summed E-state index contributed by atoms with van der Waals surface area (Å²) in [5.41, 5.74) is 6.38. The van der Waals surface area contributed by atoms with Crippen molar-refractivity contribution in [1.82, 2.24) is 0 Å². The average Bonchev–Trinajstić information content (AvgIpc) is 2.37. The van der Waals surface area contributed by atoms with E-state index in [1.807, 2.05) is 0 Å². The number of amides is 1. The summed E-state index contributed by atoms with van der Waals surface area (Å²) in [6, 6.07) is 9.42. The van der Waals surface area contributed by atoms with Crippen LogP contribution in [0.4, 0.5) is 20.2 Å². The van der Waals surface area contributed by atoms with Gasteiger partial charge in [-0.05, 0) is 30.3 Å². The first-order chi connectivity index (χ1) is 8.99. The van der Waals surface area contributed by atoms with Gasteiger partial charge in [-0.2, -0.15) is 0 Å². The van der Waals surface area contributed by atoms with Gasteiger partial charge in [0.1, 0.15) is 11.6 Å². The zero-order chi connectivity index (χ0) is 14.0. The Morgan fingerprint density at radius 2 is 1.89 bits per heavy atom. The number of carbonyl (C=O) groups is 1. The van der Waals surface area contributed by atoms with Crippen LogP contribution in [0.15, 0.2) is 42.5 Å². The average molecular weight is 262 g/mol. The van der Waals surface area contributed by atoms with E-state index in [2.05, 4.69) is 0 Å². The maximum absolute atomic E-state index is 13.6. The molecule has 98 valence electrons.